The summed E-state index contributed by atoms with van der Waals surface area (Å²) in [6, 6.07) is 5.33. The van der Waals surface area contributed by atoms with Crippen LogP contribution in [0.25, 0.3) is 0 Å². The molecular weight excluding hydrogens is 677 g/mol. The van der Waals surface area contributed by atoms with E-state index in [0.29, 0.717) is 0 Å². The lowest BCUT2D eigenvalue weighted by Crippen LogP contribution is -2.69. The number of rotatable bonds is 8. The van der Waals surface area contributed by atoms with Crippen molar-refractivity contribution in [3.8, 4) is 0 Å². The Bertz CT molecular complexity index is 1030. The molecule has 9 saturated carbocycles. The smallest absolute Gasteiger partial charge is 0.0164 e. The average molecular weight is 771 g/mol. The zero-order chi connectivity index (χ0) is 38.2. The summed E-state index contributed by atoms with van der Waals surface area (Å²) in [6.07, 6.45) is 49.3. The second-order valence-electron chi connectivity index (χ2n) is 24.1. The molecule has 0 spiro atoms. The number of nitrogens with zero attached hydrogens (tertiary/aromatic N) is 2. The van der Waals surface area contributed by atoms with Crippen LogP contribution in [0, 0.1) is 71.0 Å². The van der Waals surface area contributed by atoms with Crippen LogP contribution in [0.5, 0.6) is 0 Å². The molecule has 0 aromatic heterocycles. The molecule has 9 aliphatic carbocycles. The molecular formula is C54H94N2. The summed E-state index contributed by atoms with van der Waals surface area (Å²) in [5, 5.41) is 0. The van der Waals surface area contributed by atoms with Crippen molar-refractivity contribution in [2.45, 2.75) is 269 Å². The third kappa shape index (κ3) is 8.95. The second kappa shape index (κ2) is 18.9. The molecule has 0 saturated heterocycles. The van der Waals surface area contributed by atoms with E-state index in [1.54, 1.807) is 64.2 Å². The summed E-state index contributed by atoms with van der Waals surface area (Å²) in [5.41, 5.74) is 0. The van der Waals surface area contributed by atoms with Gasteiger partial charge in [0.15, 0.2) is 0 Å². The molecule has 0 heterocycles. The molecule has 0 amide bonds. The van der Waals surface area contributed by atoms with Crippen LogP contribution in [-0.2, 0) is 0 Å². The van der Waals surface area contributed by atoms with E-state index in [4.69, 9.17) is 0 Å². The van der Waals surface area contributed by atoms with Crippen molar-refractivity contribution in [2.24, 2.45) is 71.0 Å². The Hall–Kier alpha value is -0.0800. The summed E-state index contributed by atoms with van der Waals surface area (Å²) < 4.78 is 0. The first-order valence-electron chi connectivity index (χ1n) is 27.0. The Morgan fingerprint density at radius 2 is 0.536 bits per heavy atom. The van der Waals surface area contributed by atoms with Crippen molar-refractivity contribution in [3.63, 3.8) is 0 Å². The maximum atomic E-state index is 3.54. The first kappa shape index (κ1) is 41.3. The first-order chi connectivity index (χ1) is 27.4. The number of hydrogen-bond donors (Lipinski definition) is 0. The first-order valence-corrected chi connectivity index (χ1v) is 27.0. The van der Waals surface area contributed by atoms with Crippen LogP contribution >= 0.6 is 0 Å². The molecule has 8 atom stereocenters. The van der Waals surface area contributed by atoms with Crippen molar-refractivity contribution in [1.29, 1.82) is 0 Å². The maximum absolute atomic E-state index is 3.54. The predicted octanol–water partition coefficient (Wildman–Crippen LogP) is 14.9. The highest BCUT2D eigenvalue weighted by atomic mass is 15.3. The topological polar surface area (TPSA) is 6.48 Å². The van der Waals surface area contributed by atoms with Gasteiger partial charge in [-0.25, -0.2) is 0 Å². The van der Waals surface area contributed by atoms with Crippen molar-refractivity contribution in [3.05, 3.63) is 0 Å². The molecule has 2 heteroatoms. The van der Waals surface area contributed by atoms with Gasteiger partial charge in [0.25, 0.3) is 0 Å². The zero-order valence-corrected chi connectivity index (χ0v) is 37.9. The Labute approximate surface area is 349 Å². The molecule has 56 heavy (non-hydrogen) atoms. The monoisotopic (exact) mass is 771 g/mol. The Morgan fingerprint density at radius 1 is 0.250 bits per heavy atom. The summed E-state index contributed by atoms with van der Waals surface area (Å²) in [4.78, 5) is 7.09. The van der Waals surface area contributed by atoms with Crippen molar-refractivity contribution >= 4 is 0 Å². The van der Waals surface area contributed by atoms with Crippen LogP contribution in [0.4, 0.5) is 0 Å². The lowest BCUT2D eigenvalue weighted by Gasteiger charge is -2.66. The fourth-order valence-electron chi connectivity index (χ4n) is 17.5. The third-order valence-electron chi connectivity index (χ3n) is 20.7. The molecule has 9 aliphatic rings. The van der Waals surface area contributed by atoms with E-state index in [9.17, 15) is 0 Å². The molecule has 9 rings (SSSR count). The molecule has 0 radical (unpaired) electrons. The average Bonchev–Trinajstić information content (AvgIpc) is 3.24. The minimum atomic E-state index is 0.884. The number of fused-ring (bicyclic) bond motifs is 2. The SMILES string of the molecule is CC1CCC(N(C2CCC(C)CC2)C2C3CCC(C4CCCCC4)CC3C(N(C3CCC(C)CC3)C3CCC(C)CC3)C3CCC(C4CCCCC4)CC32)CC1. The quantitative estimate of drug-likeness (QED) is 0.243. The fourth-order valence-corrected chi connectivity index (χ4v) is 17.5. The molecule has 0 bridgehead atoms. The van der Waals surface area contributed by atoms with E-state index in [0.717, 1.165) is 107 Å². The van der Waals surface area contributed by atoms with E-state index >= 15 is 0 Å². The van der Waals surface area contributed by atoms with E-state index in [1.807, 2.05) is 0 Å². The minimum Gasteiger partial charge on any atom is -0.294 e. The molecule has 0 aromatic carbocycles. The van der Waals surface area contributed by atoms with Crippen molar-refractivity contribution < 1.29 is 0 Å². The van der Waals surface area contributed by atoms with Crippen LogP contribution in [-0.4, -0.2) is 46.1 Å². The van der Waals surface area contributed by atoms with Crippen LogP contribution in [0.2, 0.25) is 0 Å². The summed E-state index contributed by atoms with van der Waals surface area (Å²) in [7, 11) is 0. The van der Waals surface area contributed by atoms with Crippen LogP contribution in [0.1, 0.15) is 233 Å². The van der Waals surface area contributed by atoms with Gasteiger partial charge in [-0.3, -0.25) is 9.80 Å². The normalized spacial score (nSPS) is 47.7. The Morgan fingerprint density at radius 3 is 0.821 bits per heavy atom. The lowest BCUT2D eigenvalue weighted by atomic mass is 9.49. The van der Waals surface area contributed by atoms with Gasteiger partial charge in [0, 0.05) is 36.3 Å². The van der Waals surface area contributed by atoms with Crippen LogP contribution in [0.3, 0.4) is 0 Å². The van der Waals surface area contributed by atoms with E-state index < -0.39 is 0 Å². The van der Waals surface area contributed by atoms with Gasteiger partial charge in [-0.2, -0.15) is 0 Å². The minimum absolute atomic E-state index is 0.884. The molecule has 0 N–H and O–H groups in total. The van der Waals surface area contributed by atoms with Crippen LogP contribution < -0.4 is 0 Å². The van der Waals surface area contributed by atoms with Gasteiger partial charge in [-0.15, -0.1) is 0 Å². The Kier molecular flexibility index (Phi) is 13.9. The van der Waals surface area contributed by atoms with Gasteiger partial charge in [0.1, 0.15) is 0 Å². The second-order valence-corrected chi connectivity index (χ2v) is 24.1. The highest BCUT2D eigenvalue weighted by Gasteiger charge is 2.60. The summed E-state index contributed by atoms with van der Waals surface area (Å²) in [6.45, 7) is 10.4. The van der Waals surface area contributed by atoms with E-state index in [-0.39, 0.29) is 0 Å². The molecule has 9 fully saturated rings. The van der Waals surface area contributed by atoms with Gasteiger partial charge < -0.3 is 0 Å². The molecule has 0 aliphatic heterocycles. The predicted molar refractivity (Wildman–Crippen MR) is 239 cm³/mol. The third-order valence-corrected chi connectivity index (χ3v) is 20.7. The molecule has 2 nitrogen and oxygen atoms in total. The maximum Gasteiger partial charge on any atom is 0.0164 e. The van der Waals surface area contributed by atoms with Crippen molar-refractivity contribution in [2.75, 3.05) is 0 Å². The number of hydrogen-bond acceptors (Lipinski definition) is 2. The van der Waals surface area contributed by atoms with Gasteiger partial charge >= 0.3 is 0 Å². The highest BCUT2D eigenvalue weighted by Crippen LogP contribution is 2.60. The molecule has 0 aromatic rings. The zero-order valence-electron chi connectivity index (χ0n) is 37.9. The highest BCUT2D eigenvalue weighted by molar-refractivity contribution is 5.12. The molecule has 8 unspecified atom stereocenters. The standard InChI is InChI=1S/C54H94N2/c1-37-15-25-45(26-16-37)55(46-27-17-38(2)18-28-46)53-49-33-23-44(42-13-9-6-10-14-42)36-52(49)54(50-34-24-43(35-51(50)53)41-11-7-5-8-12-41)56(47-29-19-39(3)20-30-47)48-31-21-40(4)22-32-48/h37-54H,5-36H2,1-4H3. The van der Waals surface area contributed by atoms with Gasteiger partial charge in [-0.1, -0.05) is 91.9 Å². The van der Waals surface area contributed by atoms with Gasteiger partial charge in [0.05, 0.1) is 0 Å². The van der Waals surface area contributed by atoms with Gasteiger partial charge in [0.2, 0.25) is 0 Å². The lowest BCUT2D eigenvalue weighted by molar-refractivity contribution is -0.163. The summed E-state index contributed by atoms with van der Waals surface area (Å²) in [5.74, 6) is 11.9. The van der Waals surface area contributed by atoms with Gasteiger partial charge in [-0.05, 0) is 212 Å². The summed E-state index contributed by atoms with van der Waals surface area (Å²) >= 11 is 0. The van der Waals surface area contributed by atoms with E-state index in [1.165, 1.54) is 141 Å². The van der Waals surface area contributed by atoms with Crippen molar-refractivity contribution in [1.82, 2.24) is 9.80 Å². The van der Waals surface area contributed by atoms with Crippen LogP contribution in [0.15, 0.2) is 0 Å². The largest absolute Gasteiger partial charge is 0.294 e. The molecule has 320 valence electrons. The Balaban J connectivity index is 1.14. The van der Waals surface area contributed by atoms with E-state index in [2.05, 4.69) is 37.5 Å². The fraction of sp³-hybridized carbons (Fsp3) is 1.00.